The molecule has 0 rings (SSSR count). The van der Waals surface area contributed by atoms with Crippen molar-refractivity contribution in [3.8, 4) is 0 Å². The Bertz CT molecular complexity index is 554. The normalized spacial score (nSPS) is 17.0. The largest absolute Gasteiger partial charge is 0.460 e. The molecule has 0 N–H and O–H groups in total. The van der Waals surface area contributed by atoms with E-state index >= 15 is 0 Å². The number of halogens is 19. The van der Waals surface area contributed by atoms with Gasteiger partial charge in [-0.3, -0.25) is 0 Å². The van der Waals surface area contributed by atoms with E-state index in [4.69, 9.17) is 0 Å². The first-order chi connectivity index (χ1) is 12.0. The molecule has 0 spiro atoms. The van der Waals surface area contributed by atoms with Gasteiger partial charge in [0.25, 0.3) is 0 Å². The van der Waals surface area contributed by atoms with Gasteiger partial charge in [-0.05, 0) is 0 Å². The molecule has 174 valence electrons. The lowest BCUT2D eigenvalue weighted by Gasteiger charge is -2.43. The van der Waals surface area contributed by atoms with Crippen LogP contribution < -0.4 is 0 Å². The molecule has 0 aliphatic heterocycles. The van der Waals surface area contributed by atoms with Crippen LogP contribution in [0.3, 0.4) is 0 Å². The zero-order chi connectivity index (χ0) is 24.5. The third-order valence-corrected chi connectivity index (χ3v) is 3.38. The standard InChI is InChI=1S/C9F19P/c10-1(11,2(12,13)4(16,17)6(20,21)8(24,25)26)3(14,15)5(18,19)7(22,23)9(27,28)29. The monoisotopic (exact) mass is 500 g/mol. The van der Waals surface area contributed by atoms with Crippen molar-refractivity contribution in [3.05, 3.63) is 0 Å². The first-order valence-corrected chi connectivity index (χ1v) is 6.26. The van der Waals surface area contributed by atoms with Gasteiger partial charge in [0.05, 0.1) is 0 Å². The second kappa shape index (κ2) is 6.55. The fraction of sp³-hybridized carbons (Fsp3) is 1.00. The fourth-order valence-electron chi connectivity index (χ4n) is 1.35. The van der Waals surface area contributed by atoms with Gasteiger partial charge in [-0.1, -0.05) is 0 Å². The molecule has 0 fully saturated rings. The minimum Gasteiger partial charge on any atom is -0.194 e. The van der Waals surface area contributed by atoms with Gasteiger partial charge in [0.15, 0.2) is 0 Å². The van der Waals surface area contributed by atoms with Gasteiger partial charge in [-0.15, -0.1) is 0 Å². The van der Waals surface area contributed by atoms with Gasteiger partial charge in [0.2, 0.25) is 0 Å². The maximum Gasteiger partial charge on any atom is 0.460 e. The van der Waals surface area contributed by atoms with Crippen LogP contribution in [-0.4, -0.2) is 53.3 Å². The Morgan fingerprint density at radius 1 is 0.276 bits per heavy atom. The van der Waals surface area contributed by atoms with Gasteiger partial charge in [-0.25, -0.2) is 0 Å². The molecule has 20 heteroatoms. The highest BCUT2D eigenvalue weighted by atomic mass is 31.0. The summed E-state index contributed by atoms with van der Waals surface area (Å²) in [7, 11) is 1.32. The van der Waals surface area contributed by atoms with Crippen molar-refractivity contribution in [2.24, 2.45) is 0 Å². The van der Waals surface area contributed by atoms with Crippen LogP contribution in [0.5, 0.6) is 0 Å². The lowest BCUT2D eigenvalue weighted by molar-refractivity contribution is -0.465. The summed E-state index contributed by atoms with van der Waals surface area (Å²) in [6, 6.07) is 0. The van der Waals surface area contributed by atoms with E-state index in [-0.39, 0.29) is 0 Å². The predicted octanol–water partition coefficient (Wildman–Crippen LogP) is 7.00. The van der Waals surface area contributed by atoms with E-state index in [2.05, 4.69) is 0 Å². The summed E-state index contributed by atoms with van der Waals surface area (Å²) in [5.41, 5.74) is -6.73. The molecule has 0 nitrogen and oxygen atoms in total. The van der Waals surface area contributed by atoms with Crippen LogP contribution in [0.1, 0.15) is 0 Å². The van der Waals surface area contributed by atoms with Crippen molar-refractivity contribution in [1.82, 2.24) is 0 Å². The van der Waals surface area contributed by atoms with Crippen LogP contribution >= 0.6 is 9.24 Å². The summed E-state index contributed by atoms with van der Waals surface area (Å²) in [5.74, 6) is -59.8. The lowest BCUT2D eigenvalue weighted by Crippen LogP contribution is -2.75. The van der Waals surface area contributed by atoms with Crippen LogP contribution in [0.15, 0.2) is 0 Å². The highest BCUT2D eigenvalue weighted by molar-refractivity contribution is 7.18. The van der Waals surface area contributed by atoms with Crippen molar-refractivity contribution >= 4 is 9.24 Å². The molecule has 0 bridgehead atoms. The predicted molar refractivity (Wildman–Crippen MR) is 52.6 cm³/mol. The van der Waals surface area contributed by atoms with E-state index in [1.165, 1.54) is 9.24 Å². The number of rotatable bonds is 7. The Morgan fingerprint density at radius 2 is 0.448 bits per heavy atom. The summed E-state index contributed by atoms with van der Waals surface area (Å²) in [5, 5.41) is 0. The number of hydrogen-bond acceptors (Lipinski definition) is 0. The van der Waals surface area contributed by atoms with Crippen LogP contribution in [-0.2, 0) is 0 Å². The zero-order valence-electron chi connectivity index (χ0n) is 12.1. The average Bonchev–Trinajstić information content (AvgIpc) is 2.43. The first kappa shape index (κ1) is 28.1. The maximum absolute atomic E-state index is 13.0. The third-order valence-electron chi connectivity index (χ3n) is 3.10. The van der Waals surface area contributed by atoms with Crippen molar-refractivity contribution in [2.75, 3.05) is 0 Å². The molecule has 2 radical (unpaired) electrons. The van der Waals surface area contributed by atoms with E-state index in [0.29, 0.717) is 0 Å². The van der Waals surface area contributed by atoms with Crippen LogP contribution in [0.25, 0.3) is 0 Å². The molecular formula is C9F19P. The molecule has 0 saturated carbocycles. The lowest BCUT2D eigenvalue weighted by atomic mass is 9.89. The van der Waals surface area contributed by atoms with E-state index in [1.807, 2.05) is 0 Å². The van der Waals surface area contributed by atoms with Crippen molar-refractivity contribution in [1.29, 1.82) is 0 Å². The fourth-order valence-corrected chi connectivity index (χ4v) is 1.49. The van der Waals surface area contributed by atoms with E-state index in [0.717, 1.165) is 0 Å². The van der Waals surface area contributed by atoms with Crippen molar-refractivity contribution in [3.63, 3.8) is 0 Å². The minimum absolute atomic E-state index is 1.32. The zero-order valence-corrected chi connectivity index (χ0v) is 13.0. The molecule has 0 saturated heterocycles. The average molecular weight is 500 g/mol. The highest BCUT2D eigenvalue weighted by Gasteiger charge is 2.96. The summed E-state index contributed by atoms with van der Waals surface area (Å²) in [6.45, 7) is 0. The Balaban J connectivity index is 6.82. The maximum atomic E-state index is 13.0. The van der Waals surface area contributed by atoms with E-state index in [1.54, 1.807) is 0 Å². The van der Waals surface area contributed by atoms with Gasteiger partial charge in [0.1, 0.15) is 0 Å². The second-order valence-corrected chi connectivity index (χ2v) is 5.62. The van der Waals surface area contributed by atoms with Crippen LogP contribution in [0.4, 0.5) is 83.4 Å². The first-order valence-electron chi connectivity index (χ1n) is 5.81. The van der Waals surface area contributed by atoms with Gasteiger partial charge >= 0.3 is 53.3 Å². The van der Waals surface area contributed by atoms with Crippen LogP contribution in [0.2, 0.25) is 0 Å². The summed E-state index contributed by atoms with van der Waals surface area (Å²) < 4.78 is 240. The van der Waals surface area contributed by atoms with E-state index in [9.17, 15) is 83.4 Å². The Kier molecular flexibility index (Phi) is 6.34. The SMILES string of the molecule is FC(F)(F)C(F)(F)C(F)(F)C(F)(F)C(F)(F)C(F)(F)C(F)(F)C(F)(F)C(F)(F)[P]. The third kappa shape index (κ3) is 3.38. The Hall–Kier alpha value is -0.900. The molecule has 0 aliphatic carbocycles. The Labute approximate surface area is 147 Å². The topological polar surface area (TPSA) is 0 Å². The molecule has 29 heavy (non-hydrogen) atoms. The van der Waals surface area contributed by atoms with Crippen LogP contribution in [0, 0.1) is 0 Å². The summed E-state index contributed by atoms with van der Waals surface area (Å²) >= 11 is 0. The van der Waals surface area contributed by atoms with E-state index < -0.39 is 53.3 Å². The Morgan fingerprint density at radius 3 is 0.621 bits per heavy atom. The van der Waals surface area contributed by atoms with Gasteiger partial charge < -0.3 is 0 Å². The molecule has 0 aliphatic rings. The molecule has 0 aromatic rings. The van der Waals surface area contributed by atoms with Crippen molar-refractivity contribution < 1.29 is 83.4 Å². The van der Waals surface area contributed by atoms with Gasteiger partial charge in [0, 0.05) is 9.24 Å². The molecule has 0 aromatic carbocycles. The molecule has 0 heterocycles. The quantitative estimate of drug-likeness (QED) is 0.261. The minimum atomic E-state index is -8.88. The van der Waals surface area contributed by atoms with Crippen molar-refractivity contribution in [2.45, 2.75) is 53.3 Å². The second-order valence-electron chi connectivity index (χ2n) is 5.06. The van der Waals surface area contributed by atoms with Gasteiger partial charge in [-0.2, -0.15) is 83.4 Å². The summed E-state index contributed by atoms with van der Waals surface area (Å²) in [6.07, 6.45) is -7.88. The molecule has 0 unspecified atom stereocenters. The smallest absolute Gasteiger partial charge is 0.194 e. The number of hydrogen-bond donors (Lipinski definition) is 0. The molecule has 0 aromatic heterocycles. The molecular weight excluding hydrogens is 500 g/mol. The molecule has 0 amide bonds. The molecule has 0 atom stereocenters. The number of alkyl halides is 19. The highest BCUT2D eigenvalue weighted by Crippen LogP contribution is 2.65. The summed E-state index contributed by atoms with van der Waals surface area (Å²) in [4.78, 5) is 0.